The Morgan fingerprint density at radius 3 is 2.59 bits per heavy atom. The number of benzene rings is 1. The van der Waals surface area contributed by atoms with E-state index in [0.717, 1.165) is 37.9 Å². The summed E-state index contributed by atoms with van der Waals surface area (Å²) in [4.78, 5) is 20.1. The second-order valence-electron chi connectivity index (χ2n) is 8.02. The molecule has 0 unspecified atom stereocenters. The molecule has 0 atom stereocenters. The molecule has 32 heavy (non-hydrogen) atoms. The third-order valence-corrected chi connectivity index (χ3v) is 8.32. The molecule has 1 aliphatic rings. The Morgan fingerprint density at radius 2 is 1.88 bits per heavy atom. The van der Waals surface area contributed by atoms with Crippen molar-refractivity contribution < 1.29 is 13.2 Å². The number of piperidine rings is 1. The van der Waals surface area contributed by atoms with Crippen molar-refractivity contribution in [2.45, 2.75) is 38.0 Å². The van der Waals surface area contributed by atoms with Gasteiger partial charge in [-0.05, 0) is 56.9 Å². The molecule has 4 rings (SSSR count). The number of likely N-dealkylation sites (tertiary alicyclic amines) is 1. The fraction of sp³-hybridized carbons (Fsp3) is 0.364. The smallest absolute Gasteiger partial charge is 0.265 e. The van der Waals surface area contributed by atoms with Crippen LogP contribution >= 0.6 is 22.9 Å². The number of sulfonamides is 1. The first-order chi connectivity index (χ1) is 15.2. The number of carbonyl (C=O) groups is 1. The third-order valence-electron chi connectivity index (χ3n) is 5.59. The minimum Gasteiger partial charge on any atom is -0.347 e. The van der Waals surface area contributed by atoms with Gasteiger partial charge in [0.25, 0.3) is 15.9 Å². The highest BCUT2D eigenvalue weighted by molar-refractivity contribution is 7.92. The minimum atomic E-state index is -3.83. The summed E-state index contributed by atoms with van der Waals surface area (Å²) in [7, 11) is -2.06. The van der Waals surface area contributed by atoms with Crippen LogP contribution in [-0.4, -0.2) is 41.9 Å². The molecule has 0 radical (unpaired) electrons. The molecule has 0 spiro atoms. The van der Waals surface area contributed by atoms with Gasteiger partial charge < -0.3 is 9.47 Å². The number of anilines is 1. The predicted octanol–water partition coefficient (Wildman–Crippen LogP) is 4.85. The lowest BCUT2D eigenvalue weighted by Crippen LogP contribution is -2.35. The van der Waals surface area contributed by atoms with Crippen molar-refractivity contribution in [1.29, 1.82) is 0 Å². The monoisotopic (exact) mass is 492 g/mol. The number of hydrogen-bond donors (Lipinski definition) is 1. The van der Waals surface area contributed by atoms with Gasteiger partial charge in [0.1, 0.15) is 14.8 Å². The second kappa shape index (κ2) is 8.88. The Balaban J connectivity index is 1.62. The fourth-order valence-electron chi connectivity index (χ4n) is 3.75. The van der Waals surface area contributed by atoms with Gasteiger partial charge in [0.15, 0.2) is 0 Å². The third kappa shape index (κ3) is 4.55. The molecular formula is C22H25ClN4O3S2. The number of aryl methyl sites for hydroxylation is 3. The quantitative estimate of drug-likeness (QED) is 0.552. The molecule has 3 aromatic rings. The van der Waals surface area contributed by atoms with E-state index >= 15 is 0 Å². The Bertz CT molecular complexity index is 1270. The van der Waals surface area contributed by atoms with E-state index in [1.54, 1.807) is 42.1 Å². The summed E-state index contributed by atoms with van der Waals surface area (Å²) in [5.74, 6) is 0.00565. The number of nitrogens with one attached hydrogen (secondary N) is 1. The van der Waals surface area contributed by atoms with Crippen LogP contribution in [0.5, 0.6) is 0 Å². The van der Waals surface area contributed by atoms with Gasteiger partial charge in [-0.3, -0.25) is 9.52 Å². The van der Waals surface area contributed by atoms with Crippen molar-refractivity contribution in [3.05, 3.63) is 51.6 Å². The topological polar surface area (TPSA) is 84.3 Å². The molecule has 3 heterocycles. The molecule has 1 saturated heterocycles. The van der Waals surface area contributed by atoms with Crippen LogP contribution in [0.3, 0.4) is 0 Å². The van der Waals surface area contributed by atoms with Crippen molar-refractivity contribution >= 4 is 44.6 Å². The molecular weight excluding hydrogens is 468 g/mol. The molecule has 0 saturated carbocycles. The van der Waals surface area contributed by atoms with E-state index in [2.05, 4.69) is 9.71 Å². The fourth-order valence-corrected chi connectivity index (χ4v) is 6.20. The number of nitrogens with zero attached hydrogens (tertiary/aromatic N) is 3. The van der Waals surface area contributed by atoms with Gasteiger partial charge in [0.2, 0.25) is 0 Å². The average Bonchev–Trinajstić information content (AvgIpc) is 3.33. The molecule has 1 aliphatic heterocycles. The lowest BCUT2D eigenvalue weighted by Gasteiger charge is -2.26. The minimum absolute atomic E-state index is 0.00565. The number of halogens is 1. The molecule has 1 amide bonds. The van der Waals surface area contributed by atoms with Crippen molar-refractivity contribution in [3.8, 4) is 10.7 Å². The van der Waals surface area contributed by atoms with Crippen LogP contribution in [0.1, 0.15) is 40.2 Å². The molecule has 1 fully saturated rings. The van der Waals surface area contributed by atoms with Crippen LogP contribution < -0.4 is 4.72 Å². The zero-order chi connectivity index (χ0) is 23.0. The number of thiazole rings is 1. The van der Waals surface area contributed by atoms with E-state index in [1.165, 1.54) is 11.3 Å². The maximum Gasteiger partial charge on any atom is 0.265 e. The highest BCUT2D eigenvalue weighted by Gasteiger charge is 2.25. The van der Waals surface area contributed by atoms with Crippen LogP contribution in [0, 0.1) is 13.8 Å². The SMILES string of the molecule is Cc1ccc(Cl)cc1NS(=O)(=O)c1cc(-c2nc(C)c(C(=O)N3CCCCC3)s2)n(C)c1. The Hall–Kier alpha value is -2.36. The summed E-state index contributed by atoms with van der Waals surface area (Å²) in [5.41, 5.74) is 2.51. The normalized spacial score (nSPS) is 14.6. The highest BCUT2D eigenvalue weighted by Crippen LogP contribution is 2.32. The van der Waals surface area contributed by atoms with Crippen molar-refractivity contribution in [2.24, 2.45) is 7.05 Å². The average molecular weight is 493 g/mol. The number of aromatic nitrogens is 2. The maximum absolute atomic E-state index is 13.0. The molecule has 10 heteroatoms. The largest absolute Gasteiger partial charge is 0.347 e. The molecule has 7 nitrogen and oxygen atoms in total. The standard InChI is InChI=1S/C22H25ClN4O3S2/c1-14-7-8-16(23)11-18(14)25-32(29,30)17-12-19(26(3)13-17)21-24-15(2)20(31-21)22(28)27-9-5-4-6-10-27/h7-8,11-13,25H,4-6,9-10H2,1-3H3. The van der Waals surface area contributed by atoms with Crippen molar-refractivity contribution in [1.82, 2.24) is 14.5 Å². The Morgan fingerprint density at radius 1 is 1.16 bits per heavy atom. The molecule has 0 bridgehead atoms. The van der Waals surface area contributed by atoms with Gasteiger partial charge in [-0.2, -0.15) is 0 Å². The first-order valence-corrected chi connectivity index (χ1v) is 13.1. The highest BCUT2D eigenvalue weighted by atomic mass is 35.5. The van der Waals surface area contributed by atoms with Gasteiger partial charge in [0.05, 0.1) is 17.1 Å². The van der Waals surface area contributed by atoms with Crippen LogP contribution in [0.4, 0.5) is 5.69 Å². The van der Waals surface area contributed by atoms with Gasteiger partial charge >= 0.3 is 0 Å². The molecule has 0 aliphatic carbocycles. The van der Waals surface area contributed by atoms with Crippen LogP contribution in [0.2, 0.25) is 5.02 Å². The van der Waals surface area contributed by atoms with Crippen LogP contribution in [0.15, 0.2) is 35.4 Å². The lowest BCUT2D eigenvalue weighted by molar-refractivity contribution is 0.0728. The Kier molecular flexibility index (Phi) is 6.33. The first-order valence-electron chi connectivity index (χ1n) is 10.4. The number of rotatable bonds is 5. The van der Waals surface area contributed by atoms with E-state index in [9.17, 15) is 13.2 Å². The van der Waals surface area contributed by atoms with Crippen LogP contribution in [-0.2, 0) is 17.1 Å². The summed E-state index contributed by atoms with van der Waals surface area (Å²) in [6.07, 6.45) is 4.74. The molecule has 2 aromatic heterocycles. The predicted molar refractivity (Wildman–Crippen MR) is 128 cm³/mol. The maximum atomic E-state index is 13.0. The summed E-state index contributed by atoms with van der Waals surface area (Å²) >= 11 is 7.33. The molecule has 1 N–H and O–H groups in total. The van der Waals surface area contributed by atoms with E-state index in [1.807, 2.05) is 18.7 Å². The van der Waals surface area contributed by atoms with Gasteiger partial charge in [-0.25, -0.2) is 13.4 Å². The summed E-state index contributed by atoms with van der Waals surface area (Å²) in [5, 5.41) is 1.07. The molecule has 170 valence electrons. The van der Waals surface area contributed by atoms with Gasteiger partial charge in [-0.1, -0.05) is 17.7 Å². The zero-order valence-corrected chi connectivity index (χ0v) is 20.6. The van der Waals surface area contributed by atoms with E-state index in [0.29, 0.717) is 32.0 Å². The summed E-state index contributed by atoms with van der Waals surface area (Å²) in [6, 6.07) is 6.63. The van der Waals surface area contributed by atoms with Crippen molar-refractivity contribution in [3.63, 3.8) is 0 Å². The molecule has 1 aromatic carbocycles. The zero-order valence-electron chi connectivity index (χ0n) is 18.2. The second-order valence-corrected chi connectivity index (χ2v) is 11.1. The van der Waals surface area contributed by atoms with Gasteiger partial charge in [0, 0.05) is 31.4 Å². The van der Waals surface area contributed by atoms with E-state index < -0.39 is 10.0 Å². The Labute approximate surface area is 197 Å². The summed E-state index contributed by atoms with van der Waals surface area (Å²) in [6.45, 7) is 5.17. The number of carbonyl (C=O) groups excluding carboxylic acids is 1. The first kappa shape index (κ1) is 22.8. The summed E-state index contributed by atoms with van der Waals surface area (Å²) < 4.78 is 30.3. The number of amides is 1. The van der Waals surface area contributed by atoms with E-state index in [4.69, 9.17) is 11.6 Å². The number of hydrogen-bond acceptors (Lipinski definition) is 5. The van der Waals surface area contributed by atoms with E-state index in [-0.39, 0.29) is 10.8 Å². The van der Waals surface area contributed by atoms with Crippen LogP contribution in [0.25, 0.3) is 10.7 Å². The van der Waals surface area contributed by atoms with Gasteiger partial charge in [-0.15, -0.1) is 11.3 Å². The lowest BCUT2D eigenvalue weighted by atomic mass is 10.1. The van der Waals surface area contributed by atoms with Crippen molar-refractivity contribution in [2.75, 3.05) is 17.8 Å².